The van der Waals surface area contributed by atoms with Crippen LogP contribution in [-0.2, 0) is 18.4 Å². The molecule has 4 nitrogen and oxygen atoms in total. The lowest BCUT2D eigenvalue weighted by Crippen LogP contribution is -2.07. The summed E-state index contributed by atoms with van der Waals surface area (Å²) >= 11 is 0. The number of benzene rings is 1. The van der Waals surface area contributed by atoms with E-state index in [0.29, 0.717) is 11.3 Å². The Morgan fingerprint density at radius 1 is 1.37 bits per heavy atom. The number of rotatable bonds is 4. The molecule has 0 spiro atoms. The van der Waals surface area contributed by atoms with Crippen molar-refractivity contribution in [3.05, 3.63) is 53.3 Å². The highest BCUT2D eigenvalue weighted by molar-refractivity contribution is 5.89. The molecule has 0 aliphatic carbocycles. The van der Waals surface area contributed by atoms with Crippen LogP contribution < -0.4 is 0 Å². The lowest BCUT2D eigenvalue weighted by Gasteiger charge is -2.04. The highest BCUT2D eigenvalue weighted by Gasteiger charge is 2.15. The van der Waals surface area contributed by atoms with E-state index in [9.17, 15) is 13.6 Å². The molecule has 0 bridgehead atoms. The molecule has 0 aliphatic heterocycles. The molecule has 0 atom stereocenters. The minimum atomic E-state index is -2.63. The standard InChI is InChI=1S/C13H12F2N2O2/c1-17-10(7-11(16-17)12(14)15)8-19-13(18)9-5-3-2-4-6-9/h2-7,12H,8H2,1H3. The summed E-state index contributed by atoms with van der Waals surface area (Å²) in [6.45, 7) is -0.0933. The fourth-order valence-electron chi connectivity index (χ4n) is 1.57. The Morgan fingerprint density at radius 3 is 2.63 bits per heavy atom. The van der Waals surface area contributed by atoms with E-state index in [4.69, 9.17) is 4.74 Å². The molecule has 6 heteroatoms. The van der Waals surface area contributed by atoms with Gasteiger partial charge in [0.2, 0.25) is 0 Å². The summed E-state index contributed by atoms with van der Waals surface area (Å²) in [5.74, 6) is -0.500. The molecule has 0 unspecified atom stereocenters. The first-order valence-electron chi connectivity index (χ1n) is 5.61. The third kappa shape index (κ3) is 3.15. The highest BCUT2D eigenvalue weighted by atomic mass is 19.3. The van der Waals surface area contributed by atoms with Crippen LogP contribution in [0, 0.1) is 0 Å². The summed E-state index contributed by atoms with van der Waals surface area (Å²) in [5.41, 5.74) is 0.506. The quantitative estimate of drug-likeness (QED) is 0.799. The van der Waals surface area contributed by atoms with E-state index in [2.05, 4.69) is 5.10 Å². The first-order chi connectivity index (χ1) is 9.08. The molecule has 0 aliphatic rings. The Labute approximate surface area is 108 Å². The molecule has 0 amide bonds. The molecule has 0 saturated heterocycles. The van der Waals surface area contributed by atoms with Crippen molar-refractivity contribution in [2.75, 3.05) is 0 Å². The van der Waals surface area contributed by atoms with Crippen LogP contribution in [0.1, 0.15) is 28.2 Å². The van der Waals surface area contributed by atoms with E-state index in [1.54, 1.807) is 30.3 Å². The maximum absolute atomic E-state index is 12.4. The predicted octanol–water partition coefficient (Wildman–Crippen LogP) is 2.71. The van der Waals surface area contributed by atoms with Crippen LogP contribution in [0.4, 0.5) is 8.78 Å². The Bertz CT molecular complexity index is 567. The Kier molecular flexibility index (Phi) is 3.89. The fraction of sp³-hybridized carbons (Fsp3) is 0.231. The summed E-state index contributed by atoms with van der Waals surface area (Å²) in [7, 11) is 1.53. The lowest BCUT2D eigenvalue weighted by atomic mass is 10.2. The van der Waals surface area contributed by atoms with Crippen LogP contribution >= 0.6 is 0 Å². The smallest absolute Gasteiger partial charge is 0.338 e. The van der Waals surface area contributed by atoms with Gasteiger partial charge in [-0.25, -0.2) is 13.6 Å². The fourth-order valence-corrected chi connectivity index (χ4v) is 1.57. The second-order valence-corrected chi connectivity index (χ2v) is 3.93. The number of hydrogen-bond donors (Lipinski definition) is 0. The first kappa shape index (κ1) is 13.2. The van der Waals surface area contributed by atoms with Gasteiger partial charge in [0.15, 0.2) is 0 Å². The summed E-state index contributed by atoms with van der Waals surface area (Å²) < 4.78 is 31.2. The van der Waals surface area contributed by atoms with E-state index in [-0.39, 0.29) is 12.3 Å². The number of esters is 1. The largest absolute Gasteiger partial charge is 0.456 e. The van der Waals surface area contributed by atoms with Crippen molar-refractivity contribution in [3.8, 4) is 0 Å². The SMILES string of the molecule is Cn1nc(C(F)F)cc1COC(=O)c1ccccc1. The third-order valence-corrected chi connectivity index (χ3v) is 2.58. The predicted molar refractivity (Wildman–Crippen MR) is 63.7 cm³/mol. The van der Waals surface area contributed by atoms with Crippen molar-refractivity contribution >= 4 is 5.97 Å². The zero-order valence-electron chi connectivity index (χ0n) is 10.2. The van der Waals surface area contributed by atoms with Gasteiger partial charge in [-0.05, 0) is 18.2 Å². The number of ether oxygens (including phenoxy) is 1. The van der Waals surface area contributed by atoms with Gasteiger partial charge >= 0.3 is 5.97 Å². The van der Waals surface area contributed by atoms with Gasteiger partial charge in [0, 0.05) is 7.05 Å². The average Bonchev–Trinajstić information content (AvgIpc) is 2.79. The van der Waals surface area contributed by atoms with Gasteiger partial charge in [0.25, 0.3) is 6.43 Å². The Balaban J connectivity index is 2.01. The van der Waals surface area contributed by atoms with Gasteiger partial charge in [-0.2, -0.15) is 5.10 Å². The van der Waals surface area contributed by atoms with Crippen LogP contribution in [0.2, 0.25) is 0 Å². The van der Waals surface area contributed by atoms with Gasteiger partial charge in [-0.15, -0.1) is 0 Å². The van der Waals surface area contributed by atoms with E-state index in [0.717, 1.165) is 0 Å². The monoisotopic (exact) mass is 266 g/mol. The first-order valence-corrected chi connectivity index (χ1v) is 5.61. The number of halogens is 2. The zero-order valence-corrected chi connectivity index (χ0v) is 10.2. The van der Waals surface area contributed by atoms with Gasteiger partial charge in [-0.1, -0.05) is 18.2 Å². The normalized spacial score (nSPS) is 10.7. The van der Waals surface area contributed by atoms with Crippen LogP contribution in [0.3, 0.4) is 0 Å². The van der Waals surface area contributed by atoms with Crippen molar-refractivity contribution < 1.29 is 18.3 Å². The minimum absolute atomic E-state index is 0.0933. The van der Waals surface area contributed by atoms with Crippen LogP contribution in [0.25, 0.3) is 0 Å². The molecule has 100 valence electrons. The molecule has 0 fully saturated rings. The van der Waals surface area contributed by atoms with E-state index < -0.39 is 12.4 Å². The van der Waals surface area contributed by atoms with E-state index >= 15 is 0 Å². The maximum Gasteiger partial charge on any atom is 0.338 e. The zero-order chi connectivity index (χ0) is 13.8. The van der Waals surface area contributed by atoms with E-state index in [1.807, 2.05) is 0 Å². The lowest BCUT2D eigenvalue weighted by molar-refractivity contribution is 0.0463. The molecule has 1 aromatic heterocycles. The summed E-state index contributed by atoms with van der Waals surface area (Å²) in [5, 5.41) is 3.64. The van der Waals surface area contributed by atoms with Crippen molar-refractivity contribution in [2.24, 2.45) is 7.05 Å². The molecule has 1 heterocycles. The molecular weight excluding hydrogens is 254 g/mol. The Hall–Kier alpha value is -2.24. The molecule has 0 saturated carbocycles. The molecule has 0 radical (unpaired) electrons. The van der Waals surface area contributed by atoms with Crippen LogP contribution in [0.15, 0.2) is 36.4 Å². The van der Waals surface area contributed by atoms with Crippen molar-refractivity contribution in [1.29, 1.82) is 0 Å². The number of aryl methyl sites for hydroxylation is 1. The topological polar surface area (TPSA) is 44.1 Å². The molecular formula is C13H12F2N2O2. The summed E-state index contributed by atoms with van der Waals surface area (Å²) in [4.78, 5) is 11.7. The van der Waals surface area contributed by atoms with Gasteiger partial charge in [0.05, 0.1) is 11.3 Å². The molecule has 1 aromatic carbocycles. The van der Waals surface area contributed by atoms with Gasteiger partial charge < -0.3 is 4.74 Å². The average molecular weight is 266 g/mol. The number of carbonyl (C=O) groups is 1. The molecule has 0 N–H and O–H groups in total. The number of nitrogens with zero attached hydrogens (tertiary/aromatic N) is 2. The van der Waals surface area contributed by atoms with Crippen molar-refractivity contribution in [3.63, 3.8) is 0 Å². The maximum atomic E-state index is 12.4. The molecule has 2 aromatic rings. The molecule has 2 rings (SSSR count). The van der Waals surface area contributed by atoms with Crippen LogP contribution in [-0.4, -0.2) is 15.7 Å². The Morgan fingerprint density at radius 2 is 2.05 bits per heavy atom. The van der Waals surface area contributed by atoms with Crippen LogP contribution in [0.5, 0.6) is 0 Å². The molecule has 19 heavy (non-hydrogen) atoms. The number of aromatic nitrogens is 2. The second kappa shape index (κ2) is 5.60. The summed E-state index contributed by atoms with van der Waals surface area (Å²) in [6.07, 6.45) is -2.63. The highest BCUT2D eigenvalue weighted by Crippen LogP contribution is 2.18. The number of carbonyl (C=O) groups excluding carboxylic acids is 1. The van der Waals surface area contributed by atoms with E-state index in [1.165, 1.54) is 17.8 Å². The van der Waals surface area contributed by atoms with Crippen molar-refractivity contribution in [2.45, 2.75) is 13.0 Å². The van der Waals surface area contributed by atoms with Crippen molar-refractivity contribution in [1.82, 2.24) is 9.78 Å². The van der Waals surface area contributed by atoms with Gasteiger partial charge in [-0.3, -0.25) is 4.68 Å². The number of alkyl halides is 2. The second-order valence-electron chi connectivity index (χ2n) is 3.93. The summed E-state index contributed by atoms with van der Waals surface area (Å²) in [6, 6.07) is 9.69. The minimum Gasteiger partial charge on any atom is -0.456 e. The number of hydrogen-bond acceptors (Lipinski definition) is 3. The third-order valence-electron chi connectivity index (χ3n) is 2.58. The van der Waals surface area contributed by atoms with Gasteiger partial charge in [0.1, 0.15) is 12.3 Å².